The van der Waals surface area contributed by atoms with Crippen LogP contribution in [0.3, 0.4) is 0 Å². The molecule has 34 heavy (non-hydrogen) atoms. The van der Waals surface area contributed by atoms with Gasteiger partial charge in [-0.15, -0.1) is 0 Å². The number of pyridine rings is 1. The average Bonchev–Trinajstić information content (AvgIpc) is 3.28. The molecule has 0 aliphatic rings. The predicted octanol–water partition coefficient (Wildman–Crippen LogP) is 4.11. The number of hydrogen-bond donors (Lipinski definition) is 0. The quantitative estimate of drug-likeness (QED) is 0.343. The fourth-order valence-corrected chi connectivity index (χ4v) is 5.54. The third kappa shape index (κ3) is 5.18. The third-order valence-corrected chi connectivity index (χ3v) is 7.66. The van der Waals surface area contributed by atoms with Gasteiger partial charge in [-0.05, 0) is 55.0 Å². The highest BCUT2D eigenvalue weighted by molar-refractivity contribution is 7.92. The third-order valence-electron chi connectivity index (χ3n) is 5.00. The number of sulfone groups is 1. The van der Waals surface area contributed by atoms with E-state index in [4.69, 9.17) is 9.47 Å². The smallest absolute Gasteiger partial charge is 0.244 e. The molecule has 0 aliphatic heterocycles. The zero-order chi connectivity index (χ0) is 24.1. The second-order valence-corrected chi connectivity index (χ2v) is 10.3. The first kappa shape index (κ1) is 23.7. The average molecular weight is 498 g/mol. The lowest BCUT2D eigenvalue weighted by Crippen LogP contribution is -2.35. The summed E-state index contributed by atoms with van der Waals surface area (Å²) in [7, 11) is -2.39. The van der Waals surface area contributed by atoms with Gasteiger partial charge in [0.15, 0.2) is 15.0 Å². The van der Waals surface area contributed by atoms with Crippen molar-refractivity contribution in [3.63, 3.8) is 0 Å². The number of ether oxygens (including phenoxy) is 2. The number of anilines is 1. The summed E-state index contributed by atoms with van der Waals surface area (Å²) in [5.41, 5.74) is 1.38. The van der Waals surface area contributed by atoms with E-state index in [0.717, 1.165) is 10.3 Å². The molecular weight excluding hydrogens is 474 g/mol. The van der Waals surface area contributed by atoms with Gasteiger partial charge in [0.1, 0.15) is 22.8 Å². The fourth-order valence-electron chi connectivity index (χ4n) is 3.34. The largest absolute Gasteiger partial charge is 0.497 e. The molecule has 4 aromatic rings. The molecule has 0 radical (unpaired) electrons. The Morgan fingerprint density at radius 3 is 2.56 bits per heavy atom. The van der Waals surface area contributed by atoms with Crippen LogP contribution in [0.4, 0.5) is 5.13 Å². The van der Waals surface area contributed by atoms with Gasteiger partial charge in [-0.3, -0.25) is 14.7 Å². The van der Waals surface area contributed by atoms with Crippen molar-refractivity contribution in [2.24, 2.45) is 0 Å². The summed E-state index contributed by atoms with van der Waals surface area (Å²) in [4.78, 5) is 23.6. The van der Waals surface area contributed by atoms with Crippen molar-refractivity contribution in [1.82, 2.24) is 9.97 Å². The molecule has 2 aromatic heterocycles. The van der Waals surface area contributed by atoms with Crippen LogP contribution < -0.4 is 14.4 Å². The number of rotatable bonds is 9. The number of hydrogen-bond acceptors (Lipinski definition) is 8. The van der Waals surface area contributed by atoms with Crippen LogP contribution in [0, 0.1) is 0 Å². The highest BCUT2D eigenvalue weighted by atomic mass is 32.2. The zero-order valence-electron chi connectivity index (χ0n) is 18.7. The van der Waals surface area contributed by atoms with Gasteiger partial charge in [0, 0.05) is 12.4 Å². The van der Waals surface area contributed by atoms with E-state index in [1.165, 1.54) is 35.5 Å². The molecule has 0 saturated carbocycles. The van der Waals surface area contributed by atoms with E-state index in [1.54, 1.807) is 30.6 Å². The zero-order valence-corrected chi connectivity index (χ0v) is 20.3. The molecule has 2 aromatic carbocycles. The van der Waals surface area contributed by atoms with E-state index >= 15 is 0 Å². The van der Waals surface area contributed by atoms with Gasteiger partial charge in [0.05, 0.1) is 29.9 Å². The van der Waals surface area contributed by atoms with E-state index in [9.17, 15) is 13.2 Å². The fraction of sp³-hybridized carbons (Fsp3) is 0.208. The molecule has 0 aliphatic carbocycles. The monoisotopic (exact) mass is 497 g/mol. The molecule has 4 rings (SSSR count). The van der Waals surface area contributed by atoms with Crippen molar-refractivity contribution >= 4 is 42.4 Å². The van der Waals surface area contributed by atoms with E-state index in [1.807, 2.05) is 31.2 Å². The maximum atomic E-state index is 13.4. The Kier molecular flexibility index (Phi) is 7.09. The summed E-state index contributed by atoms with van der Waals surface area (Å²) in [6, 6.07) is 15.1. The van der Waals surface area contributed by atoms with Crippen LogP contribution in [-0.2, 0) is 21.2 Å². The molecule has 0 N–H and O–H groups in total. The first-order valence-electron chi connectivity index (χ1n) is 10.5. The molecule has 176 valence electrons. The molecular formula is C24H23N3O5S2. The van der Waals surface area contributed by atoms with Crippen molar-refractivity contribution < 1.29 is 22.7 Å². The molecule has 0 fully saturated rings. The number of para-hydroxylation sites is 1. The minimum absolute atomic E-state index is 0.0471. The molecule has 10 heteroatoms. The first-order valence-corrected chi connectivity index (χ1v) is 13.0. The highest BCUT2D eigenvalue weighted by Crippen LogP contribution is 2.35. The summed E-state index contributed by atoms with van der Waals surface area (Å²) in [6.45, 7) is 2.49. The molecule has 0 spiro atoms. The van der Waals surface area contributed by atoms with Gasteiger partial charge < -0.3 is 9.47 Å². The topological polar surface area (TPSA) is 98.7 Å². The molecule has 0 unspecified atom stereocenters. The molecule has 0 bridgehead atoms. The van der Waals surface area contributed by atoms with Crippen molar-refractivity contribution in [2.75, 3.05) is 24.4 Å². The summed E-state index contributed by atoms with van der Waals surface area (Å²) in [6.07, 6.45) is 3.27. The van der Waals surface area contributed by atoms with Crippen LogP contribution in [0.1, 0.15) is 12.5 Å². The van der Waals surface area contributed by atoms with Crippen LogP contribution in [0.5, 0.6) is 11.5 Å². The molecule has 2 heterocycles. The number of aromatic nitrogens is 2. The molecule has 8 nitrogen and oxygen atoms in total. The second kappa shape index (κ2) is 10.2. The Bertz CT molecular complexity index is 1390. The standard InChI is InChI=1S/C24H23N3O5S2/c1-3-32-20-7-4-8-21-23(20)26-24(33-21)27(15-17-6-5-13-25-14-17)22(28)16-34(29,30)19-11-9-18(31-2)10-12-19/h4-14H,3,15-16H2,1-2H3. The number of fused-ring (bicyclic) bond motifs is 1. The summed E-state index contributed by atoms with van der Waals surface area (Å²) < 4.78 is 37.6. The number of amides is 1. The second-order valence-electron chi connectivity index (χ2n) is 7.31. The Balaban J connectivity index is 1.69. The van der Waals surface area contributed by atoms with Gasteiger partial charge in [-0.2, -0.15) is 0 Å². The van der Waals surface area contributed by atoms with Crippen molar-refractivity contribution in [1.29, 1.82) is 0 Å². The normalized spacial score (nSPS) is 11.4. The lowest BCUT2D eigenvalue weighted by molar-refractivity contribution is -0.116. The van der Waals surface area contributed by atoms with Crippen LogP contribution in [0.2, 0.25) is 0 Å². The molecule has 0 saturated heterocycles. The number of methoxy groups -OCH3 is 1. The molecule has 1 amide bonds. The van der Waals surface area contributed by atoms with Gasteiger partial charge in [-0.25, -0.2) is 13.4 Å². The SMILES string of the molecule is CCOc1cccc2sc(N(Cc3cccnc3)C(=O)CS(=O)(=O)c3ccc(OC)cc3)nc12. The lowest BCUT2D eigenvalue weighted by atomic mass is 10.2. The number of nitrogens with zero attached hydrogens (tertiary/aromatic N) is 3. The Morgan fingerprint density at radius 1 is 1.09 bits per heavy atom. The number of carbonyl (C=O) groups excluding carboxylic acids is 1. The maximum Gasteiger partial charge on any atom is 0.244 e. The van der Waals surface area contributed by atoms with Crippen LogP contribution in [-0.4, -0.2) is 43.8 Å². The lowest BCUT2D eigenvalue weighted by Gasteiger charge is -2.20. The Hall–Kier alpha value is -3.50. The van der Waals surface area contributed by atoms with Crippen molar-refractivity contribution in [3.8, 4) is 11.5 Å². The minimum atomic E-state index is -3.89. The first-order chi connectivity index (χ1) is 16.4. The van der Waals surface area contributed by atoms with E-state index in [2.05, 4.69) is 9.97 Å². The van der Waals surface area contributed by atoms with Crippen LogP contribution in [0.15, 0.2) is 71.9 Å². The highest BCUT2D eigenvalue weighted by Gasteiger charge is 2.27. The Morgan fingerprint density at radius 2 is 1.88 bits per heavy atom. The molecule has 0 atom stereocenters. The van der Waals surface area contributed by atoms with Gasteiger partial charge in [-0.1, -0.05) is 23.5 Å². The summed E-state index contributed by atoms with van der Waals surface area (Å²) in [5, 5.41) is 0.390. The number of benzene rings is 2. The Labute approximate surface area is 201 Å². The van der Waals surface area contributed by atoms with Crippen molar-refractivity contribution in [2.45, 2.75) is 18.4 Å². The summed E-state index contributed by atoms with van der Waals surface area (Å²) in [5.74, 6) is -0.143. The number of carbonyl (C=O) groups is 1. The van der Waals surface area contributed by atoms with Gasteiger partial charge in [0.2, 0.25) is 5.91 Å². The maximum absolute atomic E-state index is 13.4. The number of thiazole rings is 1. The van der Waals surface area contributed by atoms with E-state index in [0.29, 0.717) is 28.8 Å². The summed E-state index contributed by atoms with van der Waals surface area (Å²) >= 11 is 1.30. The van der Waals surface area contributed by atoms with Crippen molar-refractivity contribution in [3.05, 3.63) is 72.6 Å². The van der Waals surface area contributed by atoms with Gasteiger partial charge >= 0.3 is 0 Å². The minimum Gasteiger partial charge on any atom is -0.497 e. The predicted molar refractivity (Wildman–Crippen MR) is 131 cm³/mol. The van der Waals surface area contributed by atoms with Gasteiger partial charge in [0.25, 0.3) is 0 Å². The van der Waals surface area contributed by atoms with E-state index < -0.39 is 21.5 Å². The van der Waals surface area contributed by atoms with Crippen LogP contribution in [0.25, 0.3) is 10.2 Å². The van der Waals surface area contributed by atoms with E-state index in [-0.39, 0.29) is 11.4 Å². The van der Waals surface area contributed by atoms with Crippen LogP contribution >= 0.6 is 11.3 Å².